The minimum Gasteiger partial charge on any atom is -0.383 e. The monoisotopic (exact) mass is 339 g/mol. The number of methoxy groups -OCH3 is 1. The van der Waals surface area contributed by atoms with Gasteiger partial charge in [0, 0.05) is 36.9 Å². The third-order valence-electron chi connectivity index (χ3n) is 3.51. The van der Waals surface area contributed by atoms with E-state index < -0.39 is 4.92 Å². The lowest BCUT2D eigenvalue weighted by molar-refractivity contribution is -0.384. The number of para-hydroxylation sites is 1. The zero-order chi connectivity index (χ0) is 17.6. The molecule has 0 aliphatic heterocycles. The molecule has 3 aromatic rings. The van der Waals surface area contributed by atoms with Crippen LogP contribution < -0.4 is 10.6 Å². The van der Waals surface area contributed by atoms with E-state index >= 15 is 0 Å². The molecule has 0 unspecified atom stereocenters. The summed E-state index contributed by atoms with van der Waals surface area (Å²) in [4.78, 5) is 19.4. The molecule has 2 aromatic carbocycles. The molecule has 8 nitrogen and oxygen atoms in total. The quantitative estimate of drug-likeness (QED) is 0.386. The average molecular weight is 339 g/mol. The van der Waals surface area contributed by atoms with Gasteiger partial charge in [0.05, 0.1) is 17.0 Å². The third-order valence-corrected chi connectivity index (χ3v) is 3.51. The second-order valence-electron chi connectivity index (χ2n) is 5.26. The van der Waals surface area contributed by atoms with Gasteiger partial charge in [0.1, 0.15) is 5.82 Å². The zero-order valence-electron chi connectivity index (χ0n) is 13.6. The van der Waals surface area contributed by atoms with E-state index in [-0.39, 0.29) is 5.69 Å². The largest absolute Gasteiger partial charge is 0.383 e. The number of nitrogens with zero attached hydrogens (tertiary/aromatic N) is 3. The summed E-state index contributed by atoms with van der Waals surface area (Å²) in [5.41, 5.74) is 1.32. The van der Waals surface area contributed by atoms with Crippen LogP contribution in [0.4, 0.5) is 23.1 Å². The summed E-state index contributed by atoms with van der Waals surface area (Å²) in [6.07, 6.45) is 0. The van der Waals surface area contributed by atoms with Gasteiger partial charge in [-0.3, -0.25) is 10.1 Å². The average Bonchev–Trinajstić information content (AvgIpc) is 2.62. The van der Waals surface area contributed by atoms with Gasteiger partial charge in [0.25, 0.3) is 5.69 Å². The van der Waals surface area contributed by atoms with Crippen molar-refractivity contribution in [2.24, 2.45) is 0 Å². The molecule has 8 heteroatoms. The summed E-state index contributed by atoms with van der Waals surface area (Å²) >= 11 is 0. The van der Waals surface area contributed by atoms with Crippen molar-refractivity contribution >= 4 is 34.0 Å². The number of nitro benzene ring substituents is 1. The van der Waals surface area contributed by atoms with Gasteiger partial charge in [0.15, 0.2) is 0 Å². The molecule has 0 saturated heterocycles. The van der Waals surface area contributed by atoms with Crippen molar-refractivity contribution in [1.29, 1.82) is 0 Å². The number of aromatic nitrogens is 2. The number of non-ortho nitro benzene ring substituents is 1. The molecule has 0 bridgehead atoms. The summed E-state index contributed by atoms with van der Waals surface area (Å²) in [6, 6.07) is 13.8. The fraction of sp³-hybridized carbons (Fsp3) is 0.176. The van der Waals surface area contributed by atoms with Crippen molar-refractivity contribution in [3.05, 3.63) is 58.6 Å². The third kappa shape index (κ3) is 3.99. The first-order valence-electron chi connectivity index (χ1n) is 7.68. The van der Waals surface area contributed by atoms with Crippen LogP contribution in [-0.4, -0.2) is 35.2 Å². The van der Waals surface area contributed by atoms with E-state index in [4.69, 9.17) is 4.74 Å². The maximum Gasteiger partial charge on any atom is 0.271 e. The maximum atomic E-state index is 10.9. The molecule has 0 aliphatic rings. The van der Waals surface area contributed by atoms with Gasteiger partial charge < -0.3 is 15.4 Å². The van der Waals surface area contributed by atoms with Gasteiger partial charge in [-0.25, -0.2) is 4.98 Å². The van der Waals surface area contributed by atoms with Crippen LogP contribution in [0, 0.1) is 10.1 Å². The molecule has 0 amide bonds. The Kier molecular flexibility index (Phi) is 5.00. The predicted molar refractivity (Wildman–Crippen MR) is 96.3 cm³/mol. The number of hydrogen-bond acceptors (Lipinski definition) is 7. The molecule has 0 fully saturated rings. The van der Waals surface area contributed by atoms with E-state index in [2.05, 4.69) is 20.6 Å². The van der Waals surface area contributed by atoms with Crippen molar-refractivity contribution in [1.82, 2.24) is 9.97 Å². The normalized spacial score (nSPS) is 10.6. The summed E-state index contributed by atoms with van der Waals surface area (Å²) in [7, 11) is 1.63. The molecule has 0 aliphatic carbocycles. The van der Waals surface area contributed by atoms with Crippen molar-refractivity contribution in [3.63, 3.8) is 0 Å². The second kappa shape index (κ2) is 7.54. The van der Waals surface area contributed by atoms with Gasteiger partial charge in [-0.05, 0) is 18.2 Å². The van der Waals surface area contributed by atoms with Crippen LogP contribution in [-0.2, 0) is 4.74 Å². The lowest BCUT2D eigenvalue weighted by atomic mass is 10.2. The van der Waals surface area contributed by atoms with Crippen molar-refractivity contribution in [3.8, 4) is 0 Å². The Morgan fingerprint density at radius 1 is 1.16 bits per heavy atom. The highest BCUT2D eigenvalue weighted by Crippen LogP contribution is 2.24. The van der Waals surface area contributed by atoms with Crippen LogP contribution in [0.5, 0.6) is 0 Å². The van der Waals surface area contributed by atoms with Crippen molar-refractivity contribution in [2.75, 3.05) is 30.9 Å². The van der Waals surface area contributed by atoms with Crippen LogP contribution in [0.15, 0.2) is 48.5 Å². The van der Waals surface area contributed by atoms with Crippen LogP contribution in [0.3, 0.4) is 0 Å². The minimum atomic E-state index is -0.440. The van der Waals surface area contributed by atoms with Gasteiger partial charge in [-0.1, -0.05) is 18.2 Å². The van der Waals surface area contributed by atoms with Crippen LogP contribution in [0.1, 0.15) is 0 Å². The first kappa shape index (κ1) is 16.6. The molecule has 25 heavy (non-hydrogen) atoms. The first-order valence-corrected chi connectivity index (χ1v) is 7.68. The Morgan fingerprint density at radius 2 is 2.00 bits per heavy atom. The predicted octanol–water partition coefficient (Wildman–Crippen LogP) is 3.34. The lowest BCUT2D eigenvalue weighted by Gasteiger charge is -2.11. The topological polar surface area (TPSA) is 102 Å². The summed E-state index contributed by atoms with van der Waals surface area (Å²) in [6.45, 7) is 1.15. The molecule has 3 rings (SSSR count). The molecular formula is C17H17N5O3. The Balaban J connectivity index is 1.93. The minimum absolute atomic E-state index is 0.00392. The highest BCUT2D eigenvalue weighted by molar-refractivity contribution is 5.90. The number of ether oxygens (including phenoxy) is 1. The smallest absolute Gasteiger partial charge is 0.271 e. The Morgan fingerprint density at radius 3 is 2.80 bits per heavy atom. The Bertz CT molecular complexity index is 900. The zero-order valence-corrected chi connectivity index (χ0v) is 13.6. The van der Waals surface area contributed by atoms with Gasteiger partial charge in [0.2, 0.25) is 5.95 Å². The molecule has 0 atom stereocenters. The lowest BCUT2D eigenvalue weighted by Crippen LogP contribution is -2.10. The van der Waals surface area contributed by atoms with E-state index in [1.165, 1.54) is 12.1 Å². The molecule has 0 spiro atoms. The highest BCUT2D eigenvalue weighted by Gasteiger charge is 2.10. The Hall–Kier alpha value is -3.26. The number of anilines is 3. The van der Waals surface area contributed by atoms with E-state index in [1.54, 1.807) is 19.2 Å². The van der Waals surface area contributed by atoms with Crippen LogP contribution >= 0.6 is 0 Å². The summed E-state index contributed by atoms with van der Waals surface area (Å²) in [5, 5.41) is 18.0. The molecule has 1 aromatic heterocycles. The second-order valence-corrected chi connectivity index (χ2v) is 5.26. The van der Waals surface area contributed by atoms with Crippen molar-refractivity contribution in [2.45, 2.75) is 0 Å². The number of nitro groups is 1. The molecule has 0 radical (unpaired) electrons. The van der Waals surface area contributed by atoms with E-state index in [0.717, 1.165) is 10.9 Å². The molecule has 128 valence electrons. The fourth-order valence-corrected chi connectivity index (χ4v) is 2.37. The maximum absolute atomic E-state index is 10.9. The van der Waals surface area contributed by atoms with Gasteiger partial charge >= 0.3 is 0 Å². The number of fused-ring (bicyclic) bond motifs is 1. The number of benzene rings is 2. The highest BCUT2D eigenvalue weighted by atomic mass is 16.6. The SMILES string of the molecule is COCCNc1nc(Nc2cccc([N+](=O)[O-])c2)nc2ccccc12. The van der Waals surface area contributed by atoms with Crippen LogP contribution in [0.2, 0.25) is 0 Å². The molecule has 0 saturated carbocycles. The number of rotatable bonds is 7. The fourth-order valence-electron chi connectivity index (χ4n) is 2.37. The van der Waals surface area contributed by atoms with Gasteiger partial charge in [-0.2, -0.15) is 4.98 Å². The van der Waals surface area contributed by atoms with E-state index in [1.807, 2.05) is 24.3 Å². The summed E-state index contributed by atoms with van der Waals surface area (Å²) < 4.78 is 5.05. The van der Waals surface area contributed by atoms with Crippen LogP contribution in [0.25, 0.3) is 10.9 Å². The molecule has 1 heterocycles. The number of nitrogens with one attached hydrogen (secondary N) is 2. The Labute approximate surface area is 144 Å². The first-order chi connectivity index (χ1) is 12.2. The molecular weight excluding hydrogens is 322 g/mol. The van der Waals surface area contributed by atoms with E-state index in [0.29, 0.717) is 30.6 Å². The van der Waals surface area contributed by atoms with Gasteiger partial charge in [-0.15, -0.1) is 0 Å². The van der Waals surface area contributed by atoms with Crippen molar-refractivity contribution < 1.29 is 9.66 Å². The van der Waals surface area contributed by atoms with E-state index in [9.17, 15) is 10.1 Å². The number of hydrogen-bond donors (Lipinski definition) is 2. The standard InChI is InChI=1S/C17H17N5O3/c1-25-10-9-18-16-14-7-2-3-8-15(14)20-17(21-16)19-12-5-4-6-13(11-12)22(23)24/h2-8,11H,9-10H2,1H3,(H2,18,19,20,21). The molecule has 2 N–H and O–H groups in total. The summed E-state index contributed by atoms with van der Waals surface area (Å²) in [5.74, 6) is 1.04.